The average Bonchev–Trinajstić information content (AvgIpc) is 3.08. The number of hydrogen-bond acceptors (Lipinski definition) is 4. The van der Waals surface area contributed by atoms with Crippen molar-refractivity contribution in [3.8, 4) is 0 Å². The molecule has 1 aliphatic rings. The quantitative estimate of drug-likeness (QED) is 0.935. The molecule has 0 saturated carbocycles. The molecule has 1 fully saturated rings. The molecule has 5 nitrogen and oxygen atoms in total. The van der Waals surface area contributed by atoms with Crippen LogP contribution in [0.4, 0.5) is 9.52 Å². The van der Waals surface area contributed by atoms with Crippen molar-refractivity contribution in [2.75, 3.05) is 11.9 Å². The number of rotatable bonds is 4. The van der Waals surface area contributed by atoms with Crippen LogP contribution in [-0.4, -0.2) is 28.2 Å². The fourth-order valence-corrected chi connectivity index (χ4v) is 3.20. The van der Waals surface area contributed by atoms with E-state index < -0.39 is 0 Å². The molecule has 1 aromatic carbocycles. The minimum Gasteiger partial charge on any atom is -0.338 e. The number of benzene rings is 1. The average molecular weight is 333 g/mol. The van der Waals surface area contributed by atoms with Crippen molar-refractivity contribution in [2.45, 2.75) is 19.9 Å². The van der Waals surface area contributed by atoms with Gasteiger partial charge in [0, 0.05) is 30.6 Å². The van der Waals surface area contributed by atoms with Gasteiger partial charge in [0.25, 0.3) is 0 Å². The fourth-order valence-electron chi connectivity index (χ4n) is 2.53. The second-order valence-electron chi connectivity index (χ2n) is 5.57. The standard InChI is InChI=1S/C16H16FN3O2S/c1-10-7-18-16(23-10)19-15(22)12-6-14(21)20(9-12)8-11-2-4-13(17)5-3-11/h2-5,7,12H,6,8-9H2,1H3,(H,18,19,22). The summed E-state index contributed by atoms with van der Waals surface area (Å²) in [7, 11) is 0. The number of thiazole rings is 1. The lowest BCUT2D eigenvalue weighted by Gasteiger charge is -2.16. The molecule has 7 heteroatoms. The summed E-state index contributed by atoms with van der Waals surface area (Å²) in [6.07, 6.45) is 1.89. The number of likely N-dealkylation sites (tertiary alicyclic amines) is 1. The van der Waals surface area contributed by atoms with Gasteiger partial charge in [0.1, 0.15) is 5.82 Å². The molecule has 0 spiro atoms. The zero-order chi connectivity index (χ0) is 16.4. The molecule has 2 amide bonds. The summed E-state index contributed by atoms with van der Waals surface area (Å²) in [6, 6.07) is 6.03. The smallest absolute Gasteiger partial charge is 0.231 e. The molecule has 0 bridgehead atoms. The van der Waals surface area contributed by atoms with Crippen LogP contribution in [0, 0.1) is 18.7 Å². The van der Waals surface area contributed by atoms with E-state index in [-0.39, 0.29) is 30.0 Å². The second kappa shape index (κ2) is 6.45. The maximum atomic E-state index is 12.9. The number of hydrogen-bond donors (Lipinski definition) is 1. The van der Waals surface area contributed by atoms with E-state index in [0.29, 0.717) is 18.2 Å². The molecule has 0 radical (unpaired) electrons. The van der Waals surface area contributed by atoms with E-state index in [4.69, 9.17) is 0 Å². The third-order valence-electron chi connectivity index (χ3n) is 3.72. The molecule has 23 heavy (non-hydrogen) atoms. The first-order valence-corrected chi connectivity index (χ1v) is 8.08. The van der Waals surface area contributed by atoms with Crippen LogP contribution in [0.2, 0.25) is 0 Å². The lowest BCUT2D eigenvalue weighted by Crippen LogP contribution is -2.28. The number of halogens is 1. The van der Waals surface area contributed by atoms with Crippen LogP contribution in [0.1, 0.15) is 16.9 Å². The Balaban J connectivity index is 1.60. The Labute approximate surface area is 137 Å². The minimum absolute atomic E-state index is 0.0650. The first kappa shape index (κ1) is 15.6. The fraction of sp³-hybridized carbons (Fsp3) is 0.312. The highest BCUT2D eigenvalue weighted by atomic mass is 32.1. The van der Waals surface area contributed by atoms with Crippen molar-refractivity contribution in [3.63, 3.8) is 0 Å². The number of carbonyl (C=O) groups is 2. The van der Waals surface area contributed by atoms with Gasteiger partial charge in [-0.25, -0.2) is 9.37 Å². The second-order valence-corrected chi connectivity index (χ2v) is 6.80. The number of aromatic nitrogens is 1. The van der Waals surface area contributed by atoms with Crippen LogP contribution in [0.25, 0.3) is 0 Å². The van der Waals surface area contributed by atoms with Crippen molar-refractivity contribution in [1.82, 2.24) is 9.88 Å². The predicted molar refractivity (Wildman–Crippen MR) is 85.4 cm³/mol. The first-order chi connectivity index (χ1) is 11.0. The van der Waals surface area contributed by atoms with E-state index in [2.05, 4.69) is 10.3 Å². The normalized spacial score (nSPS) is 17.6. The maximum Gasteiger partial charge on any atom is 0.231 e. The van der Waals surface area contributed by atoms with Gasteiger partial charge in [0.05, 0.1) is 5.92 Å². The van der Waals surface area contributed by atoms with Crippen LogP contribution < -0.4 is 5.32 Å². The van der Waals surface area contributed by atoms with Gasteiger partial charge >= 0.3 is 0 Å². The van der Waals surface area contributed by atoms with E-state index in [1.807, 2.05) is 6.92 Å². The van der Waals surface area contributed by atoms with Gasteiger partial charge in [-0.2, -0.15) is 0 Å². The Morgan fingerprint density at radius 2 is 2.17 bits per heavy atom. The van der Waals surface area contributed by atoms with Gasteiger partial charge < -0.3 is 10.2 Å². The number of nitrogens with zero attached hydrogens (tertiary/aromatic N) is 2. The Kier molecular flexibility index (Phi) is 4.38. The molecule has 1 saturated heterocycles. The van der Waals surface area contributed by atoms with Crippen molar-refractivity contribution >= 4 is 28.3 Å². The van der Waals surface area contributed by atoms with Gasteiger partial charge in [-0.05, 0) is 24.6 Å². The topological polar surface area (TPSA) is 62.3 Å². The van der Waals surface area contributed by atoms with Crippen molar-refractivity contribution < 1.29 is 14.0 Å². The lowest BCUT2D eigenvalue weighted by molar-refractivity contribution is -0.128. The SMILES string of the molecule is Cc1cnc(NC(=O)C2CC(=O)N(Cc3ccc(F)cc3)C2)s1. The zero-order valence-electron chi connectivity index (χ0n) is 12.6. The Hall–Kier alpha value is -2.28. The summed E-state index contributed by atoms with van der Waals surface area (Å²) in [4.78, 5) is 31.1. The zero-order valence-corrected chi connectivity index (χ0v) is 13.4. The summed E-state index contributed by atoms with van der Waals surface area (Å²) >= 11 is 1.40. The molecule has 120 valence electrons. The largest absolute Gasteiger partial charge is 0.338 e. The van der Waals surface area contributed by atoms with Crippen LogP contribution in [0.5, 0.6) is 0 Å². The monoisotopic (exact) mass is 333 g/mol. The molecule has 1 aromatic heterocycles. The van der Waals surface area contributed by atoms with E-state index in [1.165, 1.54) is 23.5 Å². The van der Waals surface area contributed by atoms with Crippen LogP contribution >= 0.6 is 11.3 Å². The number of amides is 2. The number of nitrogens with one attached hydrogen (secondary N) is 1. The number of aryl methyl sites for hydroxylation is 1. The van der Waals surface area contributed by atoms with Gasteiger partial charge in [0.2, 0.25) is 11.8 Å². The van der Waals surface area contributed by atoms with Gasteiger partial charge in [0.15, 0.2) is 5.13 Å². The van der Waals surface area contributed by atoms with E-state index >= 15 is 0 Å². The Morgan fingerprint density at radius 1 is 1.43 bits per heavy atom. The summed E-state index contributed by atoms with van der Waals surface area (Å²) in [5, 5.41) is 3.31. The summed E-state index contributed by atoms with van der Waals surface area (Å²) in [5.74, 6) is -0.941. The van der Waals surface area contributed by atoms with Crippen molar-refractivity contribution in [3.05, 3.63) is 46.7 Å². The first-order valence-electron chi connectivity index (χ1n) is 7.27. The summed E-state index contributed by atoms with van der Waals surface area (Å²) in [5.41, 5.74) is 0.844. The van der Waals surface area contributed by atoms with E-state index in [1.54, 1.807) is 23.2 Å². The van der Waals surface area contributed by atoms with Crippen LogP contribution in [0.3, 0.4) is 0 Å². The van der Waals surface area contributed by atoms with Gasteiger partial charge in [-0.3, -0.25) is 9.59 Å². The summed E-state index contributed by atoms with van der Waals surface area (Å²) < 4.78 is 12.9. The molecule has 1 N–H and O–H groups in total. The van der Waals surface area contributed by atoms with E-state index in [0.717, 1.165) is 10.4 Å². The van der Waals surface area contributed by atoms with Crippen LogP contribution in [0.15, 0.2) is 30.5 Å². The van der Waals surface area contributed by atoms with Crippen molar-refractivity contribution in [1.29, 1.82) is 0 Å². The highest BCUT2D eigenvalue weighted by Crippen LogP contribution is 2.23. The molecule has 1 unspecified atom stereocenters. The number of anilines is 1. The lowest BCUT2D eigenvalue weighted by atomic mass is 10.1. The maximum absolute atomic E-state index is 12.9. The predicted octanol–water partition coefficient (Wildman–Crippen LogP) is 2.58. The molecular weight excluding hydrogens is 317 g/mol. The Morgan fingerprint density at radius 3 is 2.83 bits per heavy atom. The van der Waals surface area contributed by atoms with Gasteiger partial charge in [-0.15, -0.1) is 11.3 Å². The summed E-state index contributed by atoms with van der Waals surface area (Å²) in [6.45, 7) is 2.67. The molecule has 0 aliphatic carbocycles. The highest BCUT2D eigenvalue weighted by Gasteiger charge is 2.34. The third kappa shape index (κ3) is 3.73. The molecule has 2 heterocycles. The molecule has 1 aliphatic heterocycles. The molecular formula is C16H16FN3O2S. The molecule has 2 aromatic rings. The third-order valence-corrected chi connectivity index (χ3v) is 4.55. The van der Waals surface area contributed by atoms with Crippen molar-refractivity contribution in [2.24, 2.45) is 5.92 Å². The number of carbonyl (C=O) groups excluding carboxylic acids is 2. The molecule has 1 atom stereocenters. The van der Waals surface area contributed by atoms with E-state index in [9.17, 15) is 14.0 Å². The minimum atomic E-state index is -0.382. The molecule has 3 rings (SSSR count). The highest BCUT2D eigenvalue weighted by molar-refractivity contribution is 7.15. The van der Waals surface area contributed by atoms with Gasteiger partial charge in [-0.1, -0.05) is 12.1 Å². The Bertz CT molecular complexity index is 729. The van der Waals surface area contributed by atoms with Crippen LogP contribution in [-0.2, 0) is 16.1 Å².